The zero-order valence-corrected chi connectivity index (χ0v) is 15.3. The first-order chi connectivity index (χ1) is 13.2. The second kappa shape index (κ2) is 6.27. The van der Waals surface area contributed by atoms with Gasteiger partial charge in [0.05, 0.1) is 21.8 Å². The SMILES string of the molecule is Nc1c(C(=O)N2NC(=O)CC2=O)sc2nc(-c3cccs3)cc(C(F)(F)F)c12. The molecule has 3 amide bonds. The van der Waals surface area contributed by atoms with Crippen LogP contribution in [0.3, 0.4) is 0 Å². The van der Waals surface area contributed by atoms with Crippen LogP contribution in [-0.2, 0) is 15.8 Å². The van der Waals surface area contributed by atoms with Crippen molar-refractivity contribution in [2.75, 3.05) is 5.73 Å². The number of rotatable bonds is 2. The van der Waals surface area contributed by atoms with Crippen LogP contribution in [0.2, 0.25) is 0 Å². The fourth-order valence-electron chi connectivity index (χ4n) is 2.76. The summed E-state index contributed by atoms with van der Waals surface area (Å²) in [5, 5.41) is 1.75. The molecule has 3 N–H and O–H groups in total. The van der Waals surface area contributed by atoms with Crippen LogP contribution in [0, 0.1) is 0 Å². The van der Waals surface area contributed by atoms with Gasteiger partial charge in [-0.2, -0.15) is 18.2 Å². The summed E-state index contributed by atoms with van der Waals surface area (Å²) < 4.78 is 41.0. The molecular weight excluding hydrogens is 417 g/mol. The highest BCUT2D eigenvalue weighted by Gasteiger charge is 2.39. The van der Waals surface area contributed by atoms with E-state index in [1.54, 1.807) is 17.5 Å². The third kappa shape index (κ3) is 2.90. The zero-order chi connectivity index (χ0) is 20.2. The first-order valence-electron chi connectivity index (χ1n) is 7.67. The van der Waals surface area contributed by atoms with Crippen molar-refractivity contribution in [2.24, 2.45) is 0 Å². The molecule has 1 aliphatic rings. The number of nitrogens with two attached hydrogens (primary N) is 1. The summed E-state index contributed by atoms with van der Waals surface area (Å²) in [5.74, 6) is -2.50. The number of fused-ring (bicyclic) bond motifs is 1. The quantitative estimate of drug-likeness (QED) is 0.484. The van der Waals surface area contributed by atoms with Gasteiger partial charge in [0.25, 0.3) is 11.8 Å². The number of hydrogen-bond donors (Lipinski definition) is 2. The lowest BCUT2D eigenvalue weighted by molar-refractivity contribution is -0.136. The van der Waals surface area contributed by atoms with Gasteiger partial charge in [-0.05, 0) is 17.5 Å². The number of aromatic nitrogens is 1. The van der Waals surface area contributed by atoms with Crippen LogP contribution in [0.5, 0.6) is 0 Å². The Balaban J connectivity index is 1.91. The van der Waals surface area contributed by atoms with Crippen molar-refractivity contribution in [1.29, 1.82) is 0 Å². The lowest BCUT2D eigenvalue weighted by Crippen LogP contribution is -2.41. The average molecular weight is 426 g/mol. The van der Waals surface area contributed by atoms with Crippen LogP contribution in [0.1, 0.15) is 21.7 Å². The van der Waals surface area contributed by atoms with Crippen LogP contribution in [0.4, 0.5) is 18.9 Å². The zero-order valence-electron chi connectivity index (χ0n) is 13.7. The summed E-state index contributed by atoms with van der Waals surface area (Å²) in [6.07, 6.45) is -5.26. The Hall–Kier alpha value is -2.99. The number of carbonyl (C=O) groups is 3. The van der Waals surface area contributed by atoms with Gasteiger partial charge in [-0.3, -0.25) is 19.8 Å². The number of halogens is 3. The molecule has 4 heterocycles. The van der Waals surface area contributed by atoms with E-state index < -0.39 is 47.0 Å². The molecular formula is C16H9F3N4O3S2. The number of imide groups is 1. The van der Waals surface area contributed by atoms with E-state index in [1.165, 1.54) is 11.3 Å². The summed E-state index contributed by atoms with van der Waals surface area (Å²) in [7, 11) is 0. The summed E-state index contributed by atoms with van der Waals surface area (Å²) >= 11 is 1.86. The molecule has 0 bridgehead atoms. The third-order valence-corrected chi connectivity index (χ3v) is 5.95. The van der Waals surface area contributed by atoms with Gasteiger partial charge in [0.15, 0.2) is 0 Å². The number of amides is 3. The molecule has 1 aliphatic heterocycles. The van der Waals surface area contributed by atoms with Crippen molar-refractivity contribution in [3.05, 3.63) is 34.0 Å². The van der Waals surface area contributed by atoms with Crippen molar-refractivity contribution in [2.45, 2.75) is 12.6 Å². The van der Waals surface area contributed by atoms with E-state index in [9.17, 15) is 27.6 Å². The Morgan fingerprint density at radius 2 is 2.07 bits per heavy atom. The summed E-state index contributed by atoms with van der Waals surface area (Å²) in [6, 6.07) is 4.19. The smallest absolute Gasteiger partial charge is 0.397 e. The van der Waals surface area contributed by atoms with Crippen LogP contribution in [-0.4, -0.2) is 27.7 Å². The highest BCUT2D eigenvalue weighted by molar-refractivity contribution is 7.21. The maximum Gasteiger partial charge on any atom is 0.417 e. The fraction of sp³-hybridized carbons (Fsp3) is 0.125. The van der Waals surface area contributed by atoms with E-state index >= 15 is 0 Å². The second-order valence-electron chi connectivity index (χ2n) is 5.80. The number of hydrogen-bond acceptors (Lipinski definition) is 7. The predicted molar refractivity (Wildman–Crippen MR) is 96.3 cm³/mol. The molecule has 0 saturated carbocycles. The Labute approximate surface area is 162 Å². The number of nitrogens with one attached hydrogen (secondary N) is 1. The van der Waals surface area contributed by atoms with Gasteiger partial charge >= 0.3 is 6.18 Å². The monoisotopic (exact) mass is 426 g/mol. The number of anilines is 1. The van der Waals surface area contributed by atoms with E-state index in [0.29, 0.717) is 21.2 Å². The molecule has 7 nitrogen and oxygen atoms in total. The number of thiophene rings is 2. The molecule has 3 aromatic heterocycles. The van der Waals surface area contributed by atoms with Crippen LogP contribution in [0.15, 0.2) is 23.6 Å². The van der Waals surface area contributed by atoms with Gasteiger partial charge < -0.3 is 5.73 Å². The van der Waals surface area contributed by atoms with Crippen molar-refractivity contribution in [3.8, 4) is 10.6 Å². The average Bonchev–Trinajstić information content (AvgIpc) is 3.32. The minimum Gasteiger partial charge on any atom is -0.397 e. The Morgan fingerprint density at radius 1 is 1.32 bits per heavy atom. The van der Waals surface area contributed by atoms with E-state index in [4.69, 9.17) is 5.73 Å². The van der Waals surface area contributed by atoms with E-state index in [2.05, 4.69) is 10.4 Å². The molecule has 0 radical (unpaired) electrons. The number of hydrazine groups is 1. The van der Waals surface area contributed by atoms with Gasteiger partial charge in [0.1, 0.15) is 16.1 Å². The topological polar surface area (TPSA) is 105 Å². The molecule has 0 spiro atoms. The number of carbonyl (C=O) groups excluding carboxylic acids is 3. The lowest BCUT2D eigenvalue weighted by atomic mass is 10.1. The van der Waals surface area contributed by atoms with Gasteiger partial charge in [0.2, 0.25) is 5.91 Å². The summed E-state index contributed by atoms with van der Waals surface area (Å²) in [4.78, 5) is 40.0. The van der Waals surface area contributed by atoms with Crippen molar-refractivity contribution >= 4 is 56.3 Å². The van der Waals surface area contributed by atoms with Crippen molar-refractivity contribution < 1.29 is 27.6 Å². The molecule has 0 unspecified atom stereocenters. The second-order valence-corrected chi connectivity index (χ2v) is 7.75. The van der Waals surface area contributed by atoms with E-state index in [1.807, 2.05) is 0 Å². The predicted octanol–water partition coefficient (Wildman–Crippen LogP) is 3.03. The highest BCUT2D eigenvalue weighted by atomic mass is 32.1. The molecule has 1 fully saturated rings. The summed E-state index contributed by atoms with van der Waals surface area (Å²) in [6.45, 7) is 0. The number of pyridine rings is 1. The van der Waals surface area contributed by atoms with Gasteiger partial charge in [-0.25, -0.2) is 4.98 Å². The highest BCUT2D eigenvalue weighted by Crippen LogP contribution is 2.44. The fourth-order valence-corrected chi connectivity index (χ4v) is 4.50. The first kappa shape index (κ1) is 18.4. The van der Waals surface area contributed by atoms with Crippen LogP contribution in [0.25, 0.3) is 20.8 Å². The molecule has 4 rings (SSSR count). The number of nitrogen functional groups attached to an aromatic ring is 1. The molecule has 12 heteroatoms. The third-order valence-electron chi connectivity index (χ3n) is 3.97. The Kier molecular flexibility index (Phi) is 4.12. The Morgan fingerprint density at radius 3 is 2.64 bits per heavy atom. The van der Waals surface area contributed by atoms with Crippen molar-refractivity contribution in [1.82, 2.24) is 15.4 Å². The first-order valence-corrected chi connectivity index (χ1v) is 9.37. The van der Waals surface area contributed by atoms with Gasteiger partial charge in [-0.15, -0.1) is 22.7 Å². The molecule has 0 aromatic carbocycles. The molecule has 3 aromatic rings. The summed E-state index contributed by atoms with van der Waals surface area (Å²) in [5.41, 5.74) is 6.55. The molecule has 1 saturated heterocycles. The number of nitrogens with zero attached hydrogens (tertiary/aromatic N) is 2. The van der Waals surface area contributed by atoms with Gasteiger partial charge in [-0.1, -0.05) is 6.07 Å². The van der Waals surface area contributed by atoms with E-state index in [-0.39, 0.29) is 15.4 Å². The minimum absolute atomic E-state index is 0.0861. The van der Waals surface area contributed by atoms with Crippen LogP contribution >= 0.6 is 22.7 Å². The normalized spacial score (nSPS) is 14.8. The molecule has 0 aliphatic carbocycles. The molecule has 28 heavy (non-hydrogen) atoms. The largest absolute Gasteiger partial charge is 0.417 e. The number of alkyl halides is 3. The lowest BCUT2D eigenvalue weighted by Gasteiger charge is -2.12. The van der Waals surface area contributed by atoms with Gasteiger partial charge in [0, 0.05) is 5.39 Å². The standard InChI is InChI=1S/C16H9F3N4O3S2/c17-16(18,19)6-4-7(8-2-1-3-27-8)21-14-11(6)12(20)13(28-14)15(26)23-10(25)5-9(24)22-23/h1-4H,5,20H2,(H,22,24). The maximum absolute atomic E-state index is 13.7. The Bertz CT molecular complexity index is 1140. The van der Waals surface area contributed by atoms with Crippen molar-refractivity contribution in [3.63, 3.8) is 0 Å². The van der Waals surface area contributed by atoms with E-state index in [0.717, 1.165) is 6.07 Å². The molecule has 0 atom stereocenters. The molecule has 144 valence electrons. The minimum atomic E-state index is -4.74. The maximum atomic E-state index is 13.7. The van der Waals surface area contributed by atoms with Crippen LogP contribution < -0.4 is 11.2 Å².